The van der Waals surface area contributed by atoms with Crippen LogP contribution in [0.25, 0.3) is 5.57 Å². The second kappa shape index (κ2) is 7.46. The molecule has 0 fully saturated rings. The molecule has 0 aromatic heterocycles. The molecule has 0 aliphatic heterocycles. The highest BCUT2D eigenvalue weighted by Crippen LogP contribution is 2.36. The van der Waals surface area contributed by atoms with Gasteiger partial charge in [-0.2, -0.15) is 0 Å². The van der Waals surface area contributed by atoms with Crippen LogP contribution in [-0.2, 0) is 0 Å². The standard InChI is InChI=1S/C19H28N2/c1-14-9-5-6-10-17(14)18-13-19(16(3)15(18)2)21-12-8-7-11-20-4/h5-6,9-10,13,16,20-21H,7-8,11-12H2,1-4H3. The van der Waals surface area contributed by atoms with Crippen molar-refractivity contribution in [3.8, 4) is 0 Å². The van der Waals surface area contributed by atoms with Crippen molar-refractivity contribution in [1.29, 1.82) is 0 Å². The van der Waals surface area contributed by atoms with Gasteiger partial charge in [0.25, 0.3) is 0 Å². The molecule has 21 heavy (non-hydrogen) atoms. The molecular weight excluding hydrogens is 256 g/mol. The first-order chi connectivity index (χ1) is 10.1. The first kappa shape index (κ1) is 15.8. The second-order valence-electron chi connectivity index (χ2n) is 5.97. The molecule has 0 saturated carbocycles. The number of benzene rings is 1. The fourth-order valence-corrected chi connectivity index (χ4v) is 2.89. The van der Waals surface area contributed by atoms with Crippen LogP contribution in [-0.4, -0.2) is 20.1 Å². The lowest BCUT2D eigenvalue weighted by atomic mass is 9.96. The maximum Gasteiger partial charge on any atom is 0.0183 e. The Morgan fingerprint density at radius 2 is 1.76 bits per heavy atom. The summed E-state index contributed by atoms with van der Waals surface area (Å²) < 4.78 is 0. The lowest BCUT2D eigenvalue weighted by Gasteiger charge is -2.14. The van der Waals surface area contributed by atoms with Crippen LogP contribution in [0.1, 0.15) is 37.8 Å². The average Bonchev–Trinajstić information content (AvgIpc) is 2.76. The molecule has 1 aliphatic rings. The third-order valence-corrected chi connectivity index (χ3v) is 4.46. The van der Waals surface area contributed by atoms with Crippen molar-refractivity contribution < 1.29 is 0 Å². The lowest BCUT2D eigenvalue weighted by Crippen LogP contribution is -2.19. The minimum atomic E-state index is 0.504. The summed E-state index contributed by atoms with van der Waals surface area (Å²) >= 11 is 0. The summed E-state index contributed by atoms with van der Waals surface area (Å²) in [6.45, 7) is 8.91. The molecule has 0 radical (unpaired) electrons. The van der Waals surface area contributed by atoms with Gasteiger partial charge in [-0.3, -0.25) is 0 Å². The van der Waals surface area contributed by atoms with Crippen molar-refractivity contribution in [3.63, 3.8) is 0 Å². The molecule has 2 nitrogen and oxygen atoms in total. The van der Waals surface area contributed by atoms with Crippen molar-refractivity contribution in [2.75, 3.05) is 20.1 Å². The van der Waals surface area contributed by atoms with E-state index in [1.165, 1.54) is 40.8 Å². The highest BCUT2D eigenvalue weighted by molar-refractivity contribution is 5.82. The molecule has 2 N–H and O–H groups in total. The lowest BCUT2D eigenvalue weighted by molar-refractivity contribution is 0.616. The van der Waals surface area contributed by atoms with E-state index in [2.05, 4.69) is 61.7 Å². The molecule has 2 rings (SSSR count). The molecule has 0 saturated heterocycles. The number of nitrogens with one attached hydrogen (secondary N) is 2. The zero-order valence-corrected chi connectivity index (χ0v) is 13.8. The van der Waals surface area contributed by atoms with E-state index < -0.39 is 0 Å². The molecule has 1 unspecified atom stereocenters. The van der Waals surface area contributed by atoms with Gasteiger partial charge < -0.3 is 10.6 Å². The van der Waals surface area contributed by atoms with E-state index >= 15 is 0 Å². The number of allylic oxidation sites excluding steroid dienone is 3. The van der Waals surface area contributed by atoms with Crippen LogP contribution in [0.2, 0.25) is 0 Å². The van der Waals surface area contributed by atoms with E-state index in [1.54, 1.807) is 0 Å². The van der Waals surface area contributed by atoms with Gasteiger partial charge in [-0.1, -0.05) is 36.8 Å². The van der Waals surface area contributed by atoms with Crippen molar-refractivity contribution in [2.45, 2.75) is 33.6 Å². The number of rotatable bonds is 7. The monoisotopic (exact) mass is 284 g/mol. The molecule has 1 aromatic carbocycles. The van der Waals surface area contributed by atoms with Crippen LogP contribution >= 0.6 is 0 Å². The number of unbranched alkanes of at least 4 members (excludes halogenated alkanes) is 1. The van der Waals surface area contributed by atoms with Crippen molar-refractivity contribution in [1.82, 2.24) is 10.6 Å². The summed E-state index contributed by atoms with van der Waals surface area (Å²) in [5, 5.41) is 6.83. The molecule has 0 spiro atoms. The van der Waals surface area contributed by atoms with Gasteiger partial charge in [-0.25, -0.2) is 0 Å². The van der Waals surface area contributed by atoms with Crippen LogP contribution in [0.15, 0.2) is 41.6 Å². The van der Waals surface area contributed by atoms with Crippen LogP contribution in [0, 0.1) is 12.8 Å². The Morgan fingerprint density at radius 3 is 2.48 bits per heavy atom. The first-order valence-corrected chi connectivity index (χ1v) is 8.02. The zero-order chi connectivity index (χ0) is 15.2. The van der Waals surface area contributed by atoms with Gasteiger partial charge in [0.15, 0.2) is 0 Å². The highest BCUT2D eigenvalue weighted by Gasteiger charge is 2.22. The first-order valence-electron chi connectivity index (χ1n) is 8.02. The van der Waals surface area contributed by atoms with Gasteiger partial charge >= 0.3 is 0 Å². The zero-order valence-electron chi connectivity index (χ0n) is 13.8. The van der Waals surface area contributed by atoms with E-state index in [0.29, 0.717) is 5.92 Å². The topological polar surface area (TPSA) is 24.1 Å². The smallest absolute Gasteiger partial charge is 0.0183 e. The quantitative estimate of drug-likeness (QED) is 0.742. The van der Waals surface area contributed by atoms with E-state index in [-0.39, 0.29) is 0 Å². The fraction of sp³-hybridized carbons (Fsp3) is 0.474. The number of aryl methyl sites for hydroxylation is 1. The Kier molecular flexibility index (Phi) is 5.63. The highest BCUT2D eigenvalue weighted by atomic mass is 14.9. The number of hydrogen-bond acceptors (Lipinski definition) is 2. The molecule has 1 atom stereocenters. The molecule has 0 amide bonds. The molecule has 0 bridgehead atoms. The molecular formula is C19H28N2. The Labute approximate surface area is 129 Å². The SMILES string of the molecule is CNCCCCNC1=CC(c2ccccc2C)=C(C)C1C. The molecule has 1 aliphatic carbocycles. The fourth-order valence-electron chi connectivity index (χ4n) is 2.89. The predicted molar refractivity (Wildman–Crippen MR) is 92.2 cm³/mol. The van der Waals surface area contributed by atoms with E-state index in [4.69, 9.17) is 0 Å². The molecule has 2 heteroatoms. The summed E-state index contributed by atoms with van der Waals surface area (Å²) in [4.78, 5) is 0. The summed E-state index contributed by atoms with van der Waals surface area (Å²) in [7, 11) is 2.01. The van der Waals surface area contributed by atoms with Gasteiger partial charge in [-0.05, 0) is 63.1 Å². The van der Waals surface area contributed by atoms with Gasteiger partial charge in [0.05, 0.1) is 0 Å². The van der Waals surface area contributed by atoms with E-state index in [1.807, 2.05) is 7.05 Å². The van der Waals surface area contributed by atoms with Gasteiger partial charge in [-0.15, -0.1) is 0 Å². The van der Waals surface area contributed by atoms with E-state index in [0.717, 1.165) is 13.1 Å². The van der Waals surface area contributed by atoms with Crippen LogP contribution in [0.4, 0.5) is 0 Å². The Balaban J connectivity index is 2.04. The summed E-state index contributed by atoms with van der Waals surface area (Å²) in [6, 6.07) is 8.66. The van der Waals surface area contributed by atoms with Gasteiger partial charge in [0, 0.05) is 18.2 Å². The third-order valence-electron chi connectivity index (χ3n) is 4.46. The van der Waals surface area contributed by atoms with Gasteiger partial charge in [0.1, 0.15) is 0 Å². The minimum Gasteiger partial charge on any atom is -0.388 e. The van der Waals surface area contributed by atoms with Crippen molar-refractivity contribution >= 4 is 5.57 Å². The molecule has 1 aromatic rings. The molecule has 114 valence electrons. The van der Waals surface area contributed by atoms with Crippen molar-refractivity contribution in [2.24, 2.45) is 5.92 Å². The largest absolute Gasteiger partial charge is 0.388 e. The number of hydrogen-bond donors (Lipinski definition) is 2. The maximum absolute atomic E-state index is 3.63. The Bertz CT molecular complexity index is 540. The summed E-state index contributed by atoms with van der Waals surface area (Å²) in [6.07, 6.45) is 4.78. The predicted octanol–water partition coefficient (Wildman–Crippen LogP) is 3.89. The van der Waals surface area contributed by atoms with Crippen LogP contribution < -0.4 is 10.6 Å². The third kappa shape index (κ3) is 3.76. The Hall–Kier alpha value is -1.54. The van der Waals surface area contributed by atoms with Crippen LogP contribution in [0.3, 0.4) is 0 Å². The normalized spacial score (nSPS) is 18.1. The van der Waals surface area contributed by atoms with Gasteiger partial charge in [0.2, 0.25) is 0 Å². The average molecular weight is 284 g/mol. The molecule has 0 heterocycles. The maximum atomic E-state index is 3.63. The summed E-state index contributed by atoms with van der Waals surface area (Å²) in [5.41, 5.74) is 6.97. The van der Waals surface area contributed by atoms with Crippen molar-refractivity contribution in [3.05, 3.63) is 52.7 Å². The van der Waals surface area contributed by atoms with E-state index in [9.17, 15) is 0 Å². The Morgan fingerprint density at radius 1 is 1.05 bits per heavy atom. The second-order valence-corrected chi connectivity index (χ2v) is 5.97. The van der Waals surface area contributed by atoms with Crippen LogP contribution in [0.5, 0.6) is 0 Å². The summed E-state index contributed by atoms with van der Waals surface area (Å²) in [5.74, 6) is 0.504. The minimum absolute atomic E-state index is 0.504.